The second-order valence-corrected chi connectivity index (χ2v) is 6.41. The van der Waals surface area contributed by atoms with Gasteiger partial charge in [0.15, 0.2) is 0 Å². The second-order valence-electron chi connectivity index (χ2n) is 6.41. The molecule has 0 unspecified atom stereocenters. The molecule has 3 rings (SSSR count). The number of alkyl halides is 3. The Bertz CT molecular complexity index is 822. The first-order chi connectivity index (χ1) is 12.2. The Kier molecular flexibility index (Phi) is 4.76. The first kappa shape index (κ1) is 18.0. The van der Waals surface area contributed by atoms with E-state index in [0.29, 0.717) is 11.5 Å². The summed E-state index contributed by atoms with van der Waals surface area (Å²) >= 11 is 0. The molecule has 0 bridgehead atoms. The number of nitrogens with one attached hydrogen (secondary N) is 1. The van der Waals surface area contributed by atoms with E-state index in [0.717, 1.165) is 37.5 Å². The van der Waals surface area contributed by atoms with Gasteiger partial charge in [0.1, 0.15) is 11.6 Å². The number of ether oxygens (including phenoxy) is 1. The second kappa shape index (κ2) is 6.86. The lowest BCUT2D eigenvalue weighted by Gasteiger charge is -2.18. The minimum atomic E-state index is -4.80. The van der Waals surface area contributed by atoms with Gasteiger partial charge in [0.05, 0.1) is 5.71 Å². The van der Waals surface area contributed by atoms with E-state index in [9.17, 15) is 13.2 Å². The van der Waals surface area contributed by atoms with Crippen molar-refractivity contribution in [3.63, 3.8) is 0 Å². The van der Waals surface area contributed by atoms with Crippen molar-refractivity contribution in [2.45, 2.75) is 19.7 Å². The number of pyridine rings is 1. The minimum absolute atomic E-state index is 0.0195. The maximum absolute atomic E-state index is 12.4. The number of anilines is 2. The molecule has 3 N–H and O–H groups in total. The van der Waals surface area contributed by atoms with Crippen LogP contribution >= 0.6 is 0 Å². The van der Waals surface area contributed by atoms with Crippen molar-refractivity contribution < 1.29 is 17.9 Å². The first-order valence-corrected chi connectivity index (χ1v) is 8.18. The van der Waals surface area contributed by atoms with Crippen LogP contribution in [0.5, 0.6) is 5.75 Å². The molecule has 138 valence electrons. The molecule has 1 atom stereocenters. The van der Waals surface area contributed by atoms with Gasteiger partial charge in [-0.3, -0.25) is 5.41 Å². The Morgan fingerprint density at radius 3 is 2.73 bits per heavy atom. The summed E-state index contributed by atoms with van der Waals surface area (Å²) in [5, 5.41) is 8.38. The SMILES string of the molecule is C[C@@H]1CCN(c2cc(C(=N)c3cc(OC(F)(F)F)ccc3N)ccn2)C1. The number of hydrogen-bond donors (Lipinski definition) is 2. The third-order valence-electron chi connectivity index (χ3n) is 4.31. The van der Waals surface area contributed by atoms with Crippen LogP contribution in [0.3, 0.4) is 0 Å². The van der Waals surface area contributed by atoms with Gasteiger partial charge < -0.3 is 15.4 Å². The molecular formula is C18H19F3N4O. The van der Waals surface area contributed by atoms with E-state index >= 15 is 0 Å². The number of benzene rings is 1. The lowest BCUT2D eigenvalue weighted by Crippen LogP contribution is -2.20. The van der Waals surface area contributed by atoms with Crippen LogP contribution in [0.4, 0.5) is 24.7 Å². The van der Waals surface area contributed by atoms with Gasteiger partial charge in [0, 0.05) is 36.1 Å². The summed E-state index contributed by atoms with van der Waals surface area (Å²) in [5.41, 5.74) is 6.80. The van der Waals surface area contributed by atoms with E-state index < -0.39 is 12.1 Å². The molecule has 1 fully saturated rings. The smallest absolute Gasteiger partial charge is 0.406 e. The zero-order chi connectivity index (χ0) is 18.9. The topological polar surface area (TPSA) is 75.2 Å². The van der Waals surface area contributed by atoms with Crippen LogP contribution in [0.15, 0.2) is 36.5 Å². The van der Waals surface area contributed by atoms with Gasteiger partial charge in [-0.2, -0.15) is 0 Å². The maximum atomic E-state index is 12.4. The molecule has 0 saturated carbocycles. The molecule has 0 spiro atoms. The largest absolute Gasteiger partial charge is 0.573 e. The highest BCUT2D eigenvalue weighted by Crippen LogP contribution is 2.28. The Labute approximate surface area is 149 Å². The molecule has 1 aromatic carbocycles. The van der Waals surface area contributed by atoms with Crippen LogP contribution in [0, 0.1) is 11.3 Å². The standard InChI is InChI=1S/C18H19F3N4O/c1-11-5-7-25(10-11)16-8-12(4-6-24-16)17(23)14-9-13(2-3-15(14)22)26-18(19,20)21/h2-4,6,8-9,11,23H,5,7,10,22H2,1H3/t11-/m1/s1. The number of aromatic nitrogens is 1. The molecule has 0 radical (unpaired) electrons. The number of hydrogen-bond acceptors (Lipinski definition) is 5. The highest BCUT2D eigenvalue weighted by molar-refractivity contribution is 6.14. The number of halogens is 3. The van der Waals surface area contributed by atoms with Gasteiger partial charge in [-0.25, -0.2) is 4.98 Å². The summed E-state index contributed by atoms with van der Waals surface area (Å²) < 4.78 is 41.2. The fourth-order valence-corrected chi connectivity index (χ4v) is 2.99. The van der Waals surface area contributed by atoms with Gasteiger partial charge in [-0.1, -0.05) is 6.92 Å². The Morgan fingerprint density at radius 2 is 2.08 bits per heavy atom. The van der Waals surface area contributed by atoms with Gasteiger partial charge in [0.25, 0.3) is 0 Å². The maximum Gasteiger partial charge on any atom is 0.573 e. The molecule has 1 aliphatic heterocycles. The minimum Gasteiger partial charge on any atom is -0.406 e. The average Bonchev–Trinajstić information content (AvgIpc) is 3.01. The zero-order valence-electron chi connectivity index (χ0n) is 14.2. The molecule has 1 aliphatic rings. The Balaban J connectivity index is 1.88. The Hall–Kier alpha value is -2.77. The van der Waals surface area contributed by atoms with Crippen molar-refractivity contribution >= 4 is 17.2 Å². The number of nitrogens with zero attached hydrogens (tertiary/aromatic N) is 2. The molecule has 0 amide bonds. The monoisotopic (exact) mass is 364 g/mol. The van der Waals surface area contributed by atoms with Crippen molar-refractivity contribution in [2.24, 2.45) is 5.92 Å². The molecular weight excluding hydrogens is 345 g/mol. The molecule has 8 heteroatoms. The molecule has 0 aliphatic carbocycles. The highest BCUT2D eigenvalue weighted by Gasteiger charge is 2.31. The number of rotatable bonds is 4. The predicted octanol–water partition coefficient (Wildman–Crippen LogP) is 3.82. The van der Waals surface area contributed by atoms with E-state index in [1.807, 2.05) is 0 Å². The van der Waals surface area contributed by atoms with Crippen LogP contribution in [0.1, 0.15) is 24.5 Å². The summed E-state index contributed by atoms with van der Waals surface area (Å²) in [6, 6.07) is 6.96. The first-order valence-electron chi connectivity index (χ1n) is 8.18. The fourth-order valence-electron chi connectivity index (χ4n) is 2.99. The number of nitrogens with two attached hydrogens (primary N) is 1. The van der Waals surface area contributed by atoms with Gasteiger partial charge in [-0.15, -0.1) is 13.2 Å². The zero-order valence-corrected chi connectivity index (χ0v) is 14.2. The third-order valence-corrected chi connectivity index (χ3v) is 4.31. The van der Waals surface area contributed by atoms with Crippen molar-refractivity contribution in [3.8, 4) is 5.75 Å². The van der Waals surface area contributed by atoms with E-state index in [2.05, 4.69) is 21.5 Å². The number of nitrogen functional groups attached to an aromatic ring is 1. The molecule has 1 aromatic heterocycles. The summed E-state index contributed by atoms with van der Waals surface area (Å²) in [6.45, 7) is 3.95. The van der Waals surface area contributed by atoms with Gasteiger partial charge in [0.2, 0.25) is 0 Å². The van der Waals surface area contributed by atoms with Crippen LogP contribution in [-0.2, 0) is 0 Å². The molecule has 26 heavy (non-hydrogen) atoms. The lowest BCUT2D eigenvalue weighted by atomic mass is 10.0. The summed E-state index contributed by atoms with van der Waals surface area (Å²) in [6.07, 6.45) is -2.13. The van der Waals surface area contributed by atoms with E-state index in [1.165, 1.54) is 6.07 Å². The van der Waals surface area contributed by atoms with Crippen LogP contribution in [0.2, 0.25) is 0 Å². The highest BCUT2D eigenvalue weighted by atomic mass is 19.4. The van der Waals surface area contributed by atoms with Crippen LogP contribution < -0.4 is 15.4 Å². The molecule has 1 saturated heterocycles. The van der Waals surface area contributed by atoms with Crippen molar-refractivity contribution in [1.29, 1.82) is 5.41 Å². The molecule has 2 heterocycles. The van der Waals surface area contributed by atoms with Crippen LogP contribution in [0.25, 0.3) is 0 Å². The summed E-state index contributed by atoms with van der Waals surface area (Å²) in [5.74, 6) is 0.915. The molecule has 5 nitrogen and oxygen atoms in total. The average molecular weight is 364 g/mol. The van der Waals surface area contributed by atoms with Crippen molar-refractivity contribution in [3.05, 3.63) is 47.7 Å². The van der Waals surface area contributed by atoms with E-state index in [4.69, 9.17) is 11.1 Å². The quantitative estimate of drug-likeness (QED) is 0.639. The Morgan fingerprint density at radius 1 is 1.31 bits per heavy atom. The summed E-state index contributed by atoms with van der Waals surface area (Å²) in [7, 11) is 0. The van der Waals surface area contributed by atoms with Crippen molar-refractivity contribution in [1.82, 2.24) is 4.98 Å². The van der Waals surface area contributed by atoms with Gasteiger partial charge >= 0.3 is 6.36 Å². The van der Waals surface area contributed by atoms with Gasteiger partial charge in [-0.05, 0) is 42.7 Å². The third kappa shape index (κ3) is 4.07. The van der Waals surface area contributed by atoms with Crippen molar-refractivity contribution in [2.75, 3.05) is 23.7 Å². The molecule has 2 aromatic rings. The fraction of sp³-hybridized carbons (Fsp3) is 0.333. The lowest BCUT2D eigenvalue weighted by molar-refractivity contribution is -0.274. The predicted molar refractivity (Wildman–Crippen MR) is 93.7 cm³/mol. The summed E-state index contributed by atoms with van der Waals surface area (Å²) in [4.78, 5) is 6.48. The normalized spacial score (nSPS) is 17.4. The van der Waals surface area contributed by atoms with E-state index in [-0.39, 0.29) is 17.0 Å². The van der Waals surface area contributed by atoms with Crippen LogP contribution in [-0.4, -0.2) is 30.1 Å². The van der Waals surface area contributed by atoms with E-state index in [1.54, 1.807) is 18.3 Å².